The maximum Gasteiger partial charge on any atom is 0.364 e. The van der Waals surface area contributed by atoms with Crippen molar-refractivity contribution in [1.29, 1.82) is 0 Å². The number of H-pyrrole nitrogens is 1. The number of nitrogens with two attached hydrogens (primary N) is 1. The van der Waals surface area contributed by atoms with E-state index in [0.29, 0.717) is 18.0 Å². The van der Waals surface area contributed by atoms with Crippen molar-refractivity contribution >= 4 is 11.5 Å². The Bertz CT molecular complexity index is 599. The molecule has 0 aliphatic carbocycles. The van der Waals surface area contributed by atoms with E-state index in [2.05, 4.69) is 29.1 Å². The number of nitrogens with one attached hydrogen (secondary N) is 1. The first-order chi connectivity index (χ1) is 8.43. The minimum absolute atomic E-state index is 0.00720. The topological polar surface area (TPSA) is 92.3 Å². The predicted octanol–water partition coefficient (Wildman–Crippen LogP) is -0.161. The summed E-state index contributed by atoms with van der Waals surface area (Å²) in [6.07, 6.45) is 0. The first kappa shape index (κ1) is 12.6. The van der Waals surface area contributed by atoms with Crippen LogP contribution in [0.1, 0.15) is 13.8 Å². The van der Waals surface area contributed by atoms with E-state index in [9.17, 15) is 4.79 Å². The highest BCUT2D eigenvalue weighted by Crippen LogP contribution is 2.17. The predicted molar refractivity (Wildman–Crippen MR) is 69.7 cm³/mol. The summed E-state index contributed by atoms with van der Waals surface area (Å²) < 4.78 is 1.25. The molecule has 2 rings (SSSR count). The molecule has 2 heterocycles. The van der Waals surface area contributed by atoms with Gasteiger partial charge in [-0.25, -0.2) is 9.89 Å². The molecule has 0 aliphatic rings. The zero-order chi connectivity index (χ0) is 13.3. The fourth-order valence-electron chi connectivity index (χ4n) is 1.78. The van der Waals surface area contributed by atoms with Crippen LogP contribution in [-0.2, 0) is 0 Å². The highest BCUT2D eigenvalue weighted by molar-refractivity contribution is 5.44. The Hall–Kier alpha value is -1.89. The molecule has 0 unspecified atom stereocenters. The first-order valence-corrected chi connectivity index (χ1v) is 5.79. The van der Waals surface area contributed by atoms with Crippen LogP contribution in [0.2, 0.25) is 0 Å². The molecule has 0 saturated carbocycles. The van der Waals surface area contributed by atoms with Gasteiger partial charge >= 0.3 is 5.69 Å². The number of hydrogen-bond donors (Lipinski definition) is 2. The van der Waals surface area contributed by atoms with Gasteiger partial charge in [0.05, 0.1) is 0 Å². The Balaban J connectivity index is 2.30. The first-order valence-electron chi connectivity index (χ1n) is 5.79. The van der Waals surface area contributed by atoms with Crippen molar-refractivity contribution in [2.75, 3.05) is 25.0 Å². The fraction of sp³-hybridized carbons (Fsp3) is 0.545. The smallest absolute Gasteiger partial charge is 0.358 e. The van der Waals surface area contributed by atoms with Gasteiger partial charge in [-0.1, -0.05) is 13.8 Å². The summed E-state index contributed by atoms with van der Waals surface area (Å²) >= 11 is 0. The quantitative estimate of drug-likeness (QED) is 0.786. The molecule has 0 aliphatic heterocycles. The van der Waals surface area contributed by atoms with E-state index >= 15 is 0 Å². The highest BCUT2D eigenvalue weighted by Gasteiger charge is 2.19. The lowest BCUT2D eigenvalue weighted by atomic mass is 9.93. The van der Waals surface area contributed by atoms with E-state index < -0.39 is 0 Å². The lowest BCUT2D eigenvalue weighted by molar-refractivity contribution is 0.384. The van der Waals surface area contributed by atoms with Gasteiger partial charge in [0.1, 0.15) is 5.82 Å². The third-order valence-electron chi connectivity index (χ3n) is 2.87. The van der Waals surface area contributed by atoms with Crippen molar-refractivity contribution in [3.8, 4) is 0 Å². The molecule has 2 aromatic heterocycles. The number of nitrogens with zero attached hydrogens (tertiary/aromatic N) is 4. The Morgan fingerprint density at radius 3 is 2.89 bits per heavy atom. The summed E-state index contributed by atoms with van der Waals surface area (Å²) in [6.45, 7) is 5.53. The lowest BCUT2D eigenvalue weighted by Gasteiger charge is -2.29. The number of aromatic amines is 1. The minimum Gasteiger partial charge on any atom is -0.358 e. The highest BCUT2D eigenvalue weighted by atomic mass is 16.2. The van der Waals surface area contributed by atoms with Crippen LogP contribution in [0.25, 0.3) is 5.65 Å². The molecule has 98 valence electrons. The molecule has 0 aromatic carbocycles. The van der Waals surface area contributed by atoms with Gasteiger partial charge in [0.2, 0.25) is 0 Å². The van der Waals surface area contributed by atoms with Crippen LogP contribution >= 0.6 is 0 Å². The van der Waals surface area contributed by atoms with E-state index in [1.807, 2.05) is 18.0 Å². The Labute approximate surface area is 105 Å². The molecular formula is C11H18N6O. The largest absolute Gasteiger partial charge is 0.364 e. The van der Waals surface area contributed by atoms with E-state index in [1.54, 1.807) is 6.07 Å². The second-order valence-corrected chi connectivity index (χ2v) is 5.21. The van der Waals surface area contributed by atoms with Crippen molar-refractivity contribution < 1.29 is 0 Å². The molecule has 0 atom stereocenters. The Morgan fingerprint density at radius 1 is 1.50 bits per heavy atom. The van der Waals surface area contributed by atoms with Crippen LogP contribution in [-0.4, -0.2) is 39.9 Å². The monoisotopic (exact) mass is 250 g/mol. The summed E-state index contributed by atoms with van der Waals surface area (Å²) in [6, 6.07) is 3.59. The van der Waals surface area contributed by atoms with Crippen LogP contribution < -0.4 is 16.3 Å². The van der Waals surface area contributed by atoms with Gasteiger partial charge in [0, 0.05) is 13.6 Å². The van der Waals surface area contributed by atoms with Crippen molar-refractivity contribution in [3.63, 3.8) is 0 Å². The third-order valence-corrected chi connectivity index (χ3v) is 2.87. The third kappa shape index (κ3) is 2.35. The fourth-order valence-corrected chi connectivity index (χ4v) is 1.78. The number of anilines is 1. The minimum atomic E-state index is -0.335. The molecule has 0 fully saturated rings. The average molecular weight is 250 g/mol. The molecule has 3 N–H and O–H groups in total. The molecule has 0 bridgehead atoms. The van der Waals surface area contributed by atoms with Crippen molar-refractivity contribution in [2.24, 2.45) is 11.1 Å². The van der Waals surface area contributed by atoms with E-state index in [1.165, 1.54) is 4.52 Å². The summed E-state index contributed by atoms with van der Waals surface area (Å²) in [4.78, 5) is 13.4. The molecule has 0 saturated heterocycles. The van der Waals surface area contributed by atoms with Crippen molar-refractivity contribution in [2.45, 2.75) is 13.8 Å². The van der Waals surface area contributed by atoms with Crippen LogP contribution in [0.15, 0.2) is 16.9 Å². The molecule has 7 nitrogen and oxygen atoms in total. The molecule has 18 heavy (non-hydrogen) atoms. The SMILES string of the molecule is CN(CC(C)(C)CN)c1ccc2n[nH]c(=O)n2n1. The van der Waals surface area contributed by atoms with Crippen molar-refractivity contribution in [1.82, 2.24) is 19.8 Å². The van der Waals surface area contributed by atoms with E-state index in [4.69, 9.17) is 5.73 Å². The van der Waals surface area contributed by atoms with Crippen LogP contribution in [0.5, 0.6) is 0 Å². The molecule has 0 amide bonds. The second kappa shape index (κ2) is 4.41. The summed E-state index contributed by atoms with van der Waals surface area (Å²) in [5.41, 5.74) is 5.88. The molecule has 7 heteroatoms. The average Bonchev–Trinajstić information content (AvgIpc) is 2.70. The van der Waals surface area contributed by atoms with Gasteiger partial charge < -0.3 is 10.6 Å². The maximum absolute atomic E-state index is 11.4. The number of aromatic nitrogens is 4. The molecule has 2 aromatic rings. The lowest BCUT2D eigenvalue weighted by Crippen LogP contribution is -2.37. The molecule has 0 spiro atoms. The maximum atomic E-state index is 11.4. The van der Waals surface area contributed by atoms with Crippen LogP contribution in [0, 0.1) is 5.41 Å². The number of fused-ring (bicyclic) bond motifs is 1. The zero-order valence-corrected chi connectivity index (χ0v) is 10.8. The van der Waals surface area contributed by atoms with Crippen molar-refractivity contribution in [3.05, 3.63) is 22.6 Å². The zero-order valence-electron chi connectivity index (χ0n) is 10.8. The van der Waals surface area contributed by atoms with Gasteiger partial charge in [-0.05, 0) is 24.1 Å². The molecular weight excluding hydrogens is 232 g/mol. The summed E-state index contributed by atoms with van der Waals surface area (Å²) in [7, 11) is 1.93. The Kier molecular flexibility index (Phi) is 3.08. The standard InChI is InChI=1S/C11H18N6O/c1-11(2,6-12)7-16(3)9-5-4-8-13-14-10(18)17(8)15-9/h4-5H,6-7,12H2,1-3H3,(H,14,18). The summed E-state index contributed by atoms with van der Waals surface area (Å²) in [5, 5.41) is 10.4. The second-order valence-electron chi connectivity index (χ2n) is 5.21. The van der Waals surface area contributed by atoms with Gasteiger partial charge in [-0.15, -0.1) is 5.10 Å². The van der Waals surface area contributed by atoms with Crippen LogP contribution in [0.4, 0.5) is 5.82 Å². The normalized spacial score (nSPS) is 12.0. The van der Waals surface area contributed by atoms with E-state index in [0.717, 1.165) is 6.54 Å². The van der Waals surface area contributed by atoms with Gasteiger partial charge in [0.25, 0.3) is 0 Å². The van der Waals surface area contributed by atoms with Gasteiger partial charge in [0.15, 0.2) is 5.65 Å². The molecule has 0 radical (unpaired) electrons. The summed E-state index contributed by atoms with van der Waals surface area (Å²) in [5.74, 6) is 0.715. The van der Waals surface area contributed by atoms with E-state index in [-0.39, 0.29) is 11.1 Å². The van der Waals surface area contributed by atoms with Crippen LogP contribution in [0.3, 0.4) is 0 Å². The number of rotatable bonds is 4. The van der Waals surface area contributed by atoms with Gasteiger partial charge in [-0.2, -0.15) is 9.61 Å². The number of hydrogen-bond acceptors (Lipinski definition) is 5. The van der Waals surface area contributed by atoms with Gasteiger partial charge in [-0.3, -0.25) is 0 Å². The Morgan fingerprint density at radius 2 is 2.22 bits per heavy atom.